The highest BCUT2D eigenvalue weighted by molar-refractivity contribution is 5.70. The van der Waals surface area contributed by atoms with E-state index in [1.54, 1.807) is 0 Å². The van der Waals surface area contributed by atoms with Crippen molar-refractivity contribution in [3.8, 4) is 0 Å². The molecule has 0 N–H and O–H groups in total. The van der Waals surface area contributed by atoms with Crippen LogP contribution in [-0.2, 0) is 16.1 Å². The molecule has 0 unspecified atom stereocenters. The fourth-order valence-corrected chi connectivity index (χ4v) is 3.30. The quantitative estimate of drug-likeness (QED) is 0.226. The minimum Gasteiger partial charge on any atom is -0.462 e. The van der Waals surface area contributed by atoms with Crippen LogP contribution in [0.3, 0.4) is 0 Å². The van der Waals surface area contributed by atoms with Crippen molar-refractivity contribution in [2.75, 3.05) is 27.2 Å². The number of unbranched alkanes of at least 4 members (excludes halogenated alkanes) is 9. The maximum atomic E-state index is 12.1. The van der Waals surface area contributed by atoms with Crippen LogP contribution in [0.25, 0.3) is 0 Å². The highest BCUT2D eigenvalue weighted by atomic mass is 16.5. The molecule has 0 fully saturated rings. The molecule has 0 saturated heterocycles. The number of carbonyl (C=O) groups is 1. The van der Waals surface area contributed by atoms with Gasteiger partial charge in [0, 0.05) is 5.56 Å². The minimum absolute atomic E-state index is 0.0816. The van der Waals surface area contributed by atoms with Gasteiger partial charge in [-0.1, -0.05) is 95.0 Å². The molecule has 3 nitrogen and oxygen atoms in total. The monoisotopic (exact) mass is 362 g/mol. The van der Waals surface area contributed by atoms with Gasteiger partial charge in [-0.3, -0.25) is 0 Å². The number of hydrogen-bond donors (Lipinski definition) is 0. The Morgan fingerprint density at radius 1 is 0.846 bits per heavy atom. The Labute approximate surface area is 161 Å². The summed E-state index contributed by atoms with van der Waals surface area (Å²) in [6, 6.07) is 10.3. The first-order chi connectivity index (χ1) is 12.5. The third kappa shape index (κ3) is 12.1. The molecule has 26 heavy (non-hydrogen) atoms. The smallest absolute Gasteiger partial charge is 0.361 e. The number of rotatable bonds is 15. The van der Waals surface area contributed by atoms with Gasteiger partial charge in [-0.05, 0) is 6.42 Å². The van der Waals surface area contributed by atoms with Gasteiger partial charge in [-0.2, -0.15) is 0 Å². The highest BCUT2D eigenvalue weighted by Crippen LogP contribution is 2.11. The number of carbonyl (C=O) groups excluding carboxylic acids is 1. The Kier molecular flexibility index (Phi) is 12.0. The Hall–Kier alpha value is -1.35. The van der Waals surface area contributed by atoms with Crippen LogP contribution in [-0.4, -0.2) is 37.7 Å². The Morgan fingerprint density at radius 3 is 1.96 bits per heavy atom. The summed E-state index contributed by atoms with van der Waals surface area (Å²) >= 11 is 0. The van der Waals surface area contributed by atoms with E-state index in [-0.39, 0.29) is 5.97 Å². The maximum Gasteiger partial charge on any atom is 0.361 e. The molecule has 0 spiro atoms. The molecule has 1 rings (SSSR count). The van der Waals surface area contributed by atoms with E-state index in [2.05, 4.69) is 33.2 Å². The summed E-state index contributed by atoms with van der Waals surface area (Å²) in [5, 5.41) is 0. The summed E-state index contributed by atoms with van der Waals surface area (Å²) in [5.74, 6) is -0.0816. The molecule has 0 aromatic heterocycles. The van der Waals surface area contributed by atoms with E-state index >= 15 is 0 Å². The van der Waals surface area contributed by atoms with Gasteiger partial charge >= 0.3 is 5.97 Å². The molecule has 0 aliphatic heterocycles. The second-order valence-electron chi connectivity index (χ2n) is 8.14. The molecule has 0 heterocycles. The second kappa shape index (κ2) is 13.8. The molecule has 0 radical (unpaired) electrons. The summed E-state index contributed by atoms with van der Waals surface area (Å²) in [6.07, 6.45) is 13.0. The number of benzene rings is 1. The molecule has 1 aromatic rings. The van der Waals surface area contributed by atoms with Crippen LogP contribution in [0.4, 0.5) is 0 Å². The molecule has 0 bridgehead atoms. The predicted molar refractivity (Wildman–Crippen MR) is 110 cm³/mol. The van der Waals surface area contributed by atoms with Gasteiger partial charge in [-0.25, -0.2) is 4.79 Å². The SMILES string of the molecule is CCCCCCCCCCCCOC(=O)C[N+](C)(C)Cc1ccccc1. The average Bonchev–Trinajstić information content (AvgIpc) is 2.59. The third-order valence-electron chi connectivity index (χ3n) is 4.77. The molecular formula is C23H40NO2+. The zero-order valence-corrected chi connectivity index (χ0v) is 17.3. The normalized spacial score (nSPS) is 11.5. The van der Waals surface area contributed by atoms with E-state index in [0.717, 1.165) is 13.0 Å². The zero-order valence-electron chi connectivity index (χ0n) is 17.3. The van der Waals surface area contributed by atoms with E-state index < -0.39 is 0 Å². The topological polar surface area (TPSA) is 26.3 Å². The van der Waals surface area contributed by atoms with Gasteiger partial charge < -0.3 is 9.22 Å². The van der Waals surface area contributed by atoms with Gasteiger partial charge in [0.25, 0.3) is 0 Å². The first-order valence-electron chi connectivity index (χ1n) is 10.5. The Morgan fingerprint density at radius 2 is 1.38 bits per heavy atom. The zero-order chi connectivity index (χ0) is 19.1. The first-order valence-corrected chi connectivity index (χ1v) is 10.5. The van der Waals surface area contributed by atoms with Crippen LogP contribution in [0, 0.1) is 0 Å². The molecule has 3 heteroatoms. The van der Waals surface area contributed by atoms with E-state index in [4.69, 9.17) is 4.74 Å². The van der Waals surface area contributed by atoms with Crippen molar-refractivity contribution in [2.45, 2.75) is 77.7 Å². The van der Waals surface area contributed by atoms with E-state index in [9.17, 15) is 4.79 Å². The van der Waals surface area contributed by atoms with Crippen LogP contribution in [0.2, 0.25) is 0 Å². The summed E-state index contributed by atoms with van der Waals surface area (Å²) in [4.78, 5) is 12.1. The Balaban J connectivity index is 2.01. The number of ether oxygens (including phenoxy) is 1. The van der Waals surface area contributed by atoms with E-state index in [1.165, 1.54) is 63.4 Å². The number of hydrogen-bond acceptors (Lipinski definition) is 2. The van der Waals surface area contributed by atoms with Gasteiger partial charge in [0.15, 0.2) is 6.54 Å². The highest BCUT2D eigenvalue weighted by Gasteiger charge is 2.21. The molecule has 0 amide bonds. The lowest BCUT2D eigenvalue weighted by molar-refractivity contribution is -0.896. The van der Waals surface area contributed by atoms with Crippen LogP contribution in [0.5, 0.6) is 0 Å². The number of esters is 1. The molecular weight excluding hydrogens is 322 g/mol. The molecule has 0 aliphatic carbocycles. The van der Waals surface area contributed by atoms with Gasteiger partial charge in [0.1, 0.15) is 6.54 Å². The van der Waals surface area contributed by atoms with Crippen molar-refractivity contribution in [3.63, 3.8) is 0 Å². The largest absolute Gasteiger partial charge is 0.462 e. The maximum absolute atomic E-state index is 12.1. The summed E-state index contributed by atoms with van der Waals surface area (Å²) in [7, 11) is 4.16. The standard InChI is InChI=1S/C23H40NO2/c1-4-5-6-7-8-9-10-11-12-16-19-26-23(25)21-24(2,3)20-22-17-14-13-15-18-22/h13-15,17-18H,4-12,16,19-21H2,1-3H3/q+1. The summed E-state index contributed by atoms with van der Waals surface area (Å²) in [5.41, 5.74) is 1.25. The fourth-order valence-electron chi connectivity index (χ4n) is 3.30. The summed E-state index contributed by atoms with van der Waals surface area (Å²) in [6.45, 7) is 4.09. The molecule has 148 valence electrons. The van der Waals surface area contributed by atoms with Crippen LogP contribution in [0.1, 0.15) is 76.7 Å². The molecule has 0 aliphatic rings. The molecule has 0 atom stereocenters. The molecule has 0 saturated carbocycles. The van der Waals surface area contributed by atoms with Crippen LogP contribution < -0.4 is 0 Å². The van der Waals surface area contributed by atoms with Crippen LogP contribution in [0.15, 0.2) is 30.3 Å². The van der Waals surface area contributed by atoms with E-state index in [1.807, 2.05) is 18.2 Å². The number of quaternary nitrogens is 1. The summed E-state index contributed by atoms with van der Waals surface area (Å²) < 4.78 is 6.06. The van der Waals surface area contributed by atoms with Crippen molar-refractivity contribution in [3.05, 3.63) is 35.9 Å². The lowest BCUT2D eigenvalue weighted by Gasteiger charge is -2.28. The predicted octanol–water partition coefficient (Wildman–Crippen LogP) is 5.73. The minimum atomic E-state index is -0.0816. The third-order valence-corrected chi connectivity index (χ3v) is 4.77. The van der Waals surface area contributed by atoms with Crippen molar-refractivity contribution < 1.29 is 14.0 Å². The van der Waals surface area contributed by atoms with E-state index in [0.29, 0.717) is 17.6 Å². The number of likely N-dealkylation sites (N-methyl/N-ethyl adjacent to an activating group) is 1. The first kappa shape index (κ1) is 22.7. The van der Waals surface area contributed by atoms with Crippen molar-refractivity contribution >= 4 is 5.97 Å². The van der Waals surface area contributed by atoms with Crippen molar-refractivity contribution in [1.29, 1.82) is 0 Å². The molecule has 1 aromatic carbocycles. The van der Waals surface area contributed by atoms with Gasteiger partial charge in [0.2, 0.25) is 0 Å². The Bertz CT molecular complexity index is 470. The number of nitrogens with zero attached hydrogens (tertiary/aromatic N) is 1. The van der Waals surface area contributed by atoms with Gasteiger partial charge in [-0.15, -0.1) is 0 Å². The van der Waals surface area contributed by atoms with Crippen molar-refractivity contribution in [2.24, 2.45) is 0 Å². The van der Waals surface area contributed by atoms with Gasteiger partial charge in [0.05, 0.1) is 20.7 Å². The lowest BCUT2D eigenvalue weighted by Crippen LogP contribution is -2.43. The second-order valence-corrected chi connectivity index (χ2v) is 8.14. The average molecular weight is 363 g/mol. The lowest BCUT2D eigenvalue weighted by atomic mass is 10.1. The van der Waals surface area contributed by atoms with Crippen molar-refractivity contribution in [1.82, 2.24) is 0 Å². The fraction of sp³-hybridized carbons (Fsp3) is 0.696. The van der Waals surface area contributed by atoms with Crippen LogP contribution >= 0.6 is 0 Å².